The molecule has 0 fully saturated rings. The third-order valence-corrected chi connectivity index (χ3v) is 6.28. The molecule has 4 nitrogen and oxygen atoms in total. The predicted molar refractivity (Wildman–Crippen MR) is 116 cm³/mol. The van der Waals surface area contributed by atoms with Gasteiger partial charge in [0.05, 0.1) is 0 Å². The van der Waals surface area contributed by atoms with Crippen LogP contribution in [0.25, 0.3) is 0 Å². The number of amidine groups is 2. The number of benzene rings is 1. The fourth-order valence-corrected chi connectivity index (χ4v) is 4.61. The summed E-state index contributed by atoms with van der Waals surface area (Å²) in [5.74, 6) is 1.95. The highest BCUT2D eigenvalue weighted by Gasteiger charge is 2.12. The van der Waals surface area contributed by atoms with Gasteiger partial charge in [-0.1, -0.05) is 35.7 Å². The van der Waals surface area contributed by atoms with Gasteiger partial charge in [0.15, 0.2) is 10.3 Å². The van der Waals surface area contributed by atoms with E-state index in [1.807, 2.05) is 23.5 Å². The topological polar surface area (TPSA) is 48.8 Å². The molecule has 2 N–H and O–H groups in total. The number of hydrogen-bond donors (Lipinski definition) is 2. The average molecular weight is 399 g/mol. The maximum atomic E-state index is 4.57. The molecule has 0 amide bonds. The van der Waals surface area contributed by atoms with Crippen LogP contribution in [0.5, 0.6) is 0 Å². The van der Waals surface area contributed by atoms with Crippen molar-refractivity contribution in [1.29, 1.82) is 0 Å². The van der Waals surface area contributed by atoms with Crippen molar-refractivity contribution < 1.29 is 0 Å². The molecular weight excluding hydrogens is 372 g/mol. The van der Waals surface area contributed by atoms with Gasteiger partial charge in [-0.2, -0.15) is 0 Å². The van der Waals surface area contributed by atoms with Gasteiger partial charge in [-0.05, 0) is 48.9 Å². The number of rotatable bonds is 4. The maximum absolute atomic E-state index is 4.57. The van der Waals surface area contributed by atoms with E-state index in [-0.39, 0.29) is 12.4 Å². The van der Waals surface area contributed by atoms with Gasteiger partial charge in [-0.15, -0.1) is 12.4 Å². The number of aliphatic imine (C=N–C) groups is 2. The molecule has 0 spiro atoms. The van der Waals surface area contributed by atoms with Crippen molar-refractivity contribution in [3.05, 3.63) is 34.4 Å². The highest BCUT2D eigenvalue weighted by atomic mass is 35.5. The number of nitrogens with zero attached hydrogens (tertiary/aromatic N) is 2. The minimum absolute atomic E-state index is 0. The maximum Gasteiger partial charge on any atom is 0.156 e. The van der Waals surface area contributed by atoms with E-state index in [1.54, 1.807) is 0 Å². The van der Waals surface area contributed by atoms with E-state index < -0.39 is 0 Å². The molecule has 0 aromatic heterocycles. The molecule has 0 saturated carbocycles. The molecule has 2 aliphatic heterocycles. The molecule has 0 atom stereocenters. The van der Waals surface area contributed by atoms with Gasteiger partial charge in [-0.25, -0.2) is 0 Å². The number of halogens is 1. The van der Waals surface area contributed by atoms with Gasteiger partial charge in [0, 0.05) is 37.7 Å². The Morgan fingerprint density at radius 2 is 1.28 bits per heavy atom. The van der Waals surface area contributed by atoms with Crippen LogP contribution >= 0.6 is 35.9 Å². The highest BCUT2D eigenvalue weighted by molar-refractivity contribution is 8.13. The Labute approximate surface area is 165 Å². The van der Waals surface area contributed by atoms with Crippen molar-refractivity contribution in [3.8, 4) is 0 Å². The zero-order valence-electron chi connectivity index (χ0n) is 14.9. The summed E-state index contributed by atoms with van der Waals surface area (Å²) in [6, 6.07) is 4.69. The summed E-state index contributed by atoms with van der Waals surface area (Å²) in [7, 11) is 0. The van der Waals surface area contributed by atoms with E-state index >= 15 is 0 Å². The van der Waals surface area contributed by atoms with Crippen LogP contribution < -0.4 is 10.6 Å². The monoisotopic (exact) mass is 398 g/mol. The van der Waals surface area contributed by atoms with E-state index in [4.69, 9.17) is 0 Å². The van der Waals surface area contributed by atoms with E-state index in [9.17, 15) is 0 Å². The summed E-state index contributed by atoms with van der Waals surface area (Å²) >= 11 is 3.65. The van der Waals surface area contributed by atoms with Gasteiger partial charge in [0.25, 0.3) is 0 Å². The van der Waals surface area contributed by atoms with Crippen molar-refractivity contribution >= 4 is 46.3 Å². The largest absolute Gasteiger partial charge is 0.365 e. The normalized spacial score (nSPS) is 16.9. The third kappa shape index (κ3) is 6.12. The minimum Gasteiger partial charge on any atom is -0.365 e. The van der Waals surface area contributed by atoms with Crippen LogP contribution in [0.4, 0.5) is 0 Å². The highest BCUT2D eigenvalue weighted by Crippen LogP contribution is 2.26. The second-order valence-corrected chi connectivity index (χ2v) is 8.15. The Balaban J connectivity index is 0.00000225. The quantitative estimate of drug-likeness (QED) is 0.807. The van der Waals surface area contributed by atoms with E-state index in [0.717, 1.165) is 60.9 Å². The lowest BCUT2D eigenvalue weighted by atomic mass is 10.0. The molecule has 7 heteroatoms. The van der Waals surface area contributed by atoms with Gasteiger partial charge in [0.1, 0.15) is 0 Å². The van der Waals surface area contributed by atoms with E-state index in [1.165, 1.54) is 22.3 Å². The third-order valence-electron chi connectivity index (χ3n) is 4.28. The minimum atomic E-state index is 0. The van der Waals surface area contributed by atoms with E-state index in [2.05, 4.69) is 46.6 Å². The summed E-state index contributed by atoms with van der Waals surface area (Å²) in [5.41, 5.74) is 5.57. The number of aryl methyl sites for hydroxylation is 2. The molecule has 0 unspecified atom stereocenters. The van der Waals surface area contributed by atoms with Gasteiger partial charge < -0.3 is 10.6 Å². The number of hydrogen-bond acceptors (Lipinski definition) is 6. The van der Waals surface area contributed by atoms with Crippen LogP contribution in [0, 0.1) is 13.8 Å². The summed E-state index contributed by atoms with van der Waals surface area (Å²) in [4.78, 5) is 9.14. The Hall–Kier alpha value is -0.850. The standard InChI is InChI=1S/C18H26N4S2.ClH/c1-13-9-15(11-23-17-19-5-3-6-20-17)16(10-14(13)2)12-24-18-21-7-4-8-22-18;/h9-10H,3-8,11-12H2,1-2H3,(H,19,20)(H,21,22);1H. The molecule has 2 aliphatic rings. The van der Waals surface area contributed by atoms with Crippen LogP contribution in [0.15, 0.2) is 22.1 Å². The summed E-state index contributed by atoms with van der Waals surface area (Å²) < 4.78 is 0. The first-order chi connectivity index (χ1) is 11.7. The van der Waals surface area contributed by atoms with Crippen LogP contribution in [-0.4, -0.2) is 36.5 Å². The predicted octanol–water partition coefficient (Wildman–Crippen LogP) is 3.89. The molecule has 0 bridgehead atoms. The number of nitrogens with one attached hydrogen (secondary N) is 2. The average Bonchev–Trinajstić information content (AvgIpc) is 2.63. The Morgan fingerprint density at radius 1 is 0.840 bits per heavy atom. The Kier molecular flexibility index (Phi) is 8.46. The lowest BCUT2D eigenvalue weighted by Gasteiger charge is -2.17. The fourth-order valence-electron chi connectivity index (χ4n) is 2.71. The summed E-state index contributed by atoms with van der Waals surface area (Å²) in [5, 5.41) is 8.98. The molecular formula is C18H27ClN4S2. The first-order valence-corrected chi connectivity index (χ1v) is 10.6. The molecule has 0 saturated heterocycles. The zero-order chi connectivity index (χ0) is 16.8. The van der Waals surface area contributed by atoms with Crippen molar-refractivity contribution in [2.45, 2.75) is 38.2 Å². The van der Waals surface area contributed by atoms with E-state index in [0.29, 0.717) is 0 Å². The second-order valence-electron chi connectivity index (χ2n) is 6.22. The van der Waals surface area contributed by atoms with Crippen molar-refractivity contribution in [2.24, 2.45) is 9.98 Å². The first-order valence-electron chi connectivity index (χ1n) is 8.63. The molecule has 3 rings (SSSR count). The van der Waals surface area contributed by atoms with Crippen LogP contribution in [0.2, 0.25) is 0 Å². The molecule has 1 aromatic rings. The Bertz CT molecular complexity index is 591. The van der Waals surface area contributed by atoms with Gasteiger partial charge in [-0.3, -0.25) is 9.98 Å². The summed E-state index contributed by atoms with van der Waals surface area (Å²) in [6.07, 6.45) is 2.29. The van der Waals surface area contributed by atoms with Crippen LogP contribution in [0.1, 0.15) is 35.1 Å². The van der Waals surface area contributed by atoms with Crippen molar-refractivity contribution in [2.75, 3.05) is 26.2 Å². The molecule has 1 aromatic carbocycles. The first kappa shape index (κ1) is 20.5. The van der Waals surface area contributed by atoms with Crippen LogP contribution in [-0.2, 0) is 11.5 Å². The van der Waals surface area contributed by atoms with Crippen LogP contribution in [0.3, 0.4) is 0 Å². The van der Waals surface area contributed by atoms with Gasteiger partial charge >= 0.3 is 0 Å². The molecule has 2 heterocycles. The SMILES string of the molecule is Cc1cc(CSC2=NCCCN2)c(CSC2=NCCCN2)cc1C.Cl. The number of thioether (sulfide) groups is 2. The lowest BCUT2D eigenvalue weighted by Crippen LogP contribution is -2.27. The van der Waals surface area contributed by atoms with Crippen molar-refractivity contribution in [3.63, 3.8) is 0 Å². The van der Waals surface area contributed by atoms with Crippen molar-refractivity contribution in [1.82, 2.24) is 10.6 Å². The van der Waals surface area contributed by atoms with Gasteiger partial charge in [0.2, 0.25) is 0 Å². The fraction of sp³-hybridized carbons (Fsp3) is 0.556. The zero-order valence-corrected chi connectivity index (χ0v) is 17.4. The smallest absolute Gasteiger partial charge is 0.156 e. The second kappa shape index (κ2) is 10.3. The summed E-state index contributed by atoms with van der Waals surface area (Å²) in [6.45, 7) is 8.40. The molecule has 25 heavy (non-hydrogen) atoms. The Morgan fingerprint density at radius 3 is 1.64 bits per heavy atom. The lowest BCUT2D eigenvalue weighted by molar-refractivity contribution is 0.751. The molecule has 0 radical (unpaired) electrons. The molecule has 0 aliphatic carbocycles. The molecule has 138 valence electrons.